The summed E-state index contributed by atoms with van der Waals surface area (Å²) in [5.74, 6) is 0.291. The summed E-state index contributed by atoms with van der Waals surface area (Å²) in [4.78, 5) is 39.0. The summed E-state index contributed by atoms with van der Waals surface area (Å²) in [5.41, 5.74) is 2.91. The van der Waals surface area contributed by atoms with Crippen LogP contribution in [0.25, 0.3) is 12.2 Å². The molecule has 0 saturated heterocycles. The molecule has 0 aliphatic rings. The summed E-state index contributed by atoms with van der Waals surface area (Å²) >= 11 is 0. The largest absolute Gasteiger partial charge is 0.494 e. The second-order valence-electron chi connectivity index (χ2n) is 9.08. The van der Waals surface area contributed by atoms with E-state index in [4.69, 9.17) is 9.47 Å². The fraction of sp³-hybridized carbons (Fsp3) is 0.114. The average Bonchev–Trinajstić information content (AvgIpc) is 3.02. The number of allylic oxidation sites excluding steroid dienone is 1. The predicted molar refractivity (Wildman–Crippen MR) is 166 cm³/mol. The molecule has 4 aromatic carbocycles. The van der Waals surface area contributed by atoms with E-state index in [0.29, 0.717) is 47.1 Å². The zero-order chi connectivity index (χ0) is 29.7. The van der Waals surface area contributed by atoms with Gasteiger partial charge in [0.05, 0.1) is 13.2 Å². The van der Waals surface area contributed by atoms with Crippen molar-refractivity contribution in [2.45, 2.75) is 13.8 Å². The van der Waals surface area contributed by atoms with Crippen molar-refractivity contribution in [1.29, 1.82) is 0 Å². The Hall–Kier alpha value is -5.43. The molecule has 0 spiro atoms. The van der Waals surface area contributed by atoms with Crippen molar-refractivity contribution in [2.24, 2.45) is 0 Å². The summed E-state index contributed by atoms with van der Waals surface area (Å²) in [6.45, 7) is 4.87. The molecule has 0 fully saturated rings. The van der Waals surface area contributed by atoms with E-state index in [1.54, 1.807) is 84.9 Å². The molecule has 7 heteroatoms. The molecule has 2 amide bonds. The summed E-state index contributed by atoms with van der Waals surface area (Å²) in [6.07, 6.45) is 4.80. The Bertz CT molecular complexity index is 1570. The van der Waals surface area contributed by atoms with Gasteiger partial charge in [0.15, 0.2) is 5.78 Å². The quantitative estimate of drug-likeness (QED) is 0.147. The Kier molecular flexibility index (Phi) is 10.4. The van der Waals surface area contributed by atoms with Crippen molar-refractivity contribution >= 4 is 35.4 Å². The van der Waals surface area contributed by atoms with E-state index in [-0.39, 0.29) is 11.5 Å². The van der Waals surface area contributed by atoms with Crippen LogP contribution in [0.1, 0.15) is 45.7 Å². The first-order valence-corrected chi connectivity index (χ1v) is 13.6. The molecule has 0 aliphatic heterocycles. The van der Waals surface area contributed by atoms with Gasteiger partial charge in [0.2, 0.25) is 0 Å². The molecule has 0 radical (unpaired) electrons. The molecular weight excluding hydrogens is 528 g/mol. The fourth-order valence-corrected chi connectivity index (χ4v) is 4.02. The maximum Gasteiger partial charge on any atom is 0.272 e. The van der Waals surface area contributed by atoms with Gasteiger partial charge in [-0.25, -0.2) is 0 Å². The van der Waals surface area contributed by atoms with Crippen LogP contribution in [0.5, 0.6) is 11.5 Å². The SMILES string of the molecule is CCOc1ccc(/C=C(\NC(=O)c2ccccc2)C(=O)Nc2ccc(C(=O)/C=C/c3ccccc3OCC)cc2)cc1. The monoisotopic (exact) mass is 560 g/mol. The molecule has 2 N–H and O–H groups in total. The van der Waals surface area contributed by atoms with Crippen molar-refractivity contribution in [3.05, 3.63) is 137 Å². The third-order valence-corrected chi connectivity index (χ3v) is 6.09. The minimum Gasteiger partial charge on any atom is -0.494 e. The van der Waals surface area contributed by atoms with E-state index in [1.807, 2.05) is 44.2 Å². The topological polar surface area (TPSA) is 93.7 Å². The summed E-state index contributed by atoms with van der Waals surface area (Å²) in [7, 11) is 0. The van der Waals surface area contributed by atoms with Gasteiger partial charge in [-0.15, -0.1) is 0 Å². The molecule has 4 rings (SSSR count). The lowest BCUT2D eigenvalue weighted by atomic mass is 10.1. The number of hydrogen-bond donors (Lipinski definition) is 2. The number of ether oxygens (including phenoxy) is 2. The Labute approximate surface area is 245 Å². The lowest BCUT2D eigenvalue weighted by Gasteiger charge is -2.12. The number of para-hydroxylation sites is 1. The van der Waals surface area contributed by atoms with Crippen LogP contribution in [-0.4, -0.2) is 30.8 Å². The highest BCUT2D eigenvalue weighted by Crippen LogP contribution is 2.20. The number of carbonyl (C=O) groups is 3. The van der Waals surface area contributed by atoms with Gasteiger partial charge < -0.3 is 20.1 Å². The molecular formula is C35H32N2O5. The van der Waals surface area contributed by atoms with Crippen molar-refractivity contribution in [3.63, 3.8) is 0 Å². The van der Waals surface area contributed by atoms with Crippen molar-refractivity contribution in [2.75, 3.05) is 18.5 Å². The predicted octanol–water partition coefficient (Wildman–Crippen LogP) is 6.79. The fourth-order valence-electron chi connectivity index (χ4n) is 4.02. The molecule has 0 atom stereocenters. The van der Waals surface area contributed by atoms with Crippen LogP contribution in [0.3, 0.4) is 0 Å². The smallest absolute Gasteiger partial charge is 0.272 e. The highest BCUT2D eigenvalue weighted by molar-refractivity contribution is 6.11. The molecule has 212 valence electrons. The van der Waals surface area contributed by atoms with Crippen LogP contribution in [0.2, 0.25) is 0 Å². The Morgan fingerprint density at radius 1 is 0.714 bits per heavy atom. The highest BCUT2D eigenvalue weighted by atomic mass is 16.5. The molecule has 0 bridgehead atoms. The van der Waals surface area contributed by atoms with E-state index in [9.17, 15) is 14.4 Å². The molecule has 0 saturated carbocycles. The molecule has 0 aliphatic carbocycles. The van der Waals surface area contributed by atoms with Gasteiger partial charge in [0.1, 0.15) is 17.2 Å². The van der Waals surface area contributed by atoms with Crippen LogP contribution in [0.15, 0.2) is 115 Å². The minimum atomic E-state index is -0.514. The first-order chi connectivity index (χ1) is 20.5. The van der Waals surface area contributed by atoms with E-state index >= 15 is 0 Å². The number of anilines is 1. The molecule has 7 nitrogen and oxygen atoms in total. The Morgan fingerprint density at radius 2 is 1.38 bits per heavy atom. The molecule has 0 heterocycles. The number of carbonyl (C=O) groups excluding carboxylic acids is 3. The van der Waals surface area contributed by atoms with E-state index < -0.39 is 11.8 Å². The maximum absolute atomic E-state index is 13.3. The van der Waals surface area contributed by atoms with Gasteiger partial charge in [-0.05, 0) is 92.2 Å². The number of hydrogen-bond acceptors (Lipinski definition) is 5. The van der Waals surface area contributed by atoms with Crippen LogP contribution < -0.4 is 20.1 Å². The highest BCUT2D eigenvalue weighted by Gasteiger charge is 2.15. The summed E-state index contributed by atoms with van der Waals surface area (Å²) in [5, 5.41) is 5.53. The zero-order valence-electron chi connectivity index (χ0n) is 23.5. The number of rotatable bonds is 12. The Balaban J connectivity index is 1.49. The maximum atomic E-state index is 13.3. The summed E-state index contributed by atoms with van der Waals surface area (Å²) < 4.78 is 11.1. The summed E-state index contributed by atoms with van der Waals surface area (Å²) in [6, 6.07) is 29.9. The first kappa shape index (κ1) is 29.6. The number of amides is 2. The van der Waals surface area contributed by atoms with Crippen LogP contribution >= 0.6 is 0 Å². The lowest BCUT2D eigenvalue weighted by Crippen LogP contribution is -2.30. The van der Waals surface area contributed by atoms with Crippen molar-refractivity contribution in [1.82, 2.24) is 5.32 Å². The minimum absolute atomic E-state index is 0.0593. The van der Waals surface area contributed by atoms with Crippen LogP contribution in [0, 0.1) is 0 Å². The van der Waals surface area contributed by atoms with Gasteiger partial charge in [-0.2, -0.15) is 0 Å². The van der Waals surface area contributed by atoms with E-state index in [2.05, 4.69) is 10.6 Å². The molecule has 0 unspecified atom stereocenters. The average molecular weight is 561 g/mol. The van der Waals surface area contributed by atoms with E-state index in [1.165, 1.54) is 6.08 Å². The van der Waals surface area contributed by atoms with Gasteiger partial charge in [0.25, 0.3) is 11.8 Å². The molecule has 4 aromatic rings. The first-order valence-electron chi connectivity index (χ1n) is 13.6. The van der Waals surface area contributed by atoms with Crippen molar-refractivity contribution in [3.8, 4) is 11.5 Å². The second kappa shape index (κ2) is 14.8. The van der Waals surface area contributed by atoms with Gasteiger partial charge in [-0.3, -0.25) is 14.4 Å². The number of nitrogens with one attached hydrogen (secondary N) is 2. The van der Waals surface area contributed by atoms with Gasteiger partial charge >= 0.3 is 0 Å². The lowest BCUT2D eigenvalue weighted by molar-refractivity contribution is -0.113. The number of benzene rings is 4. The zero-order valence-corrected chi connectivity index (χ0v) is 23.5. The van der Waals surface area contributed by atoms with E-state index in [0.717, 1.165) is 5.56 Å². The number of ketones is 1. The molecule has 42 heavy (non-hydrogen) atoms. The standard InChI is InChI=1S/C35H32N2O5/c1-3-41-30-21-14-25(15-22-30)24-31(37-34(39)28-11-6-5-7-12-28)35(40)36-29-19-16-26(17-20-29)32(38)23-18-27-10-8-9-13-33(27)42-4-2/h5-24H,3-4H2,1-2H3,(H,36,40)(H,37,39)/b23-18+,31-24-. The van der Waals surface area contributed by atoms with Crippen LogP contribution in [0.4, 0.5) is 5.69 Å². The van der Waals surface area contributed by atoms with Crippen molar-refractivity contribution < 1.29 is 23.9 Å². The van der Waals surface area contributed by atoms with Crippen LogP contribution in [-0.2, 0) is 4.79 Å². The van der Waals surface area contributed by atoms with Gasteiger partial charge in [-0.1, -0.05) is 48.5 Å². The third kappa shape index (κ3) is 8.29. The van der Waals surface area contributed by atoms with Gasteiger partial charge in [0, 0.05) is 22.4 Å². The second-order valence-corrected chi connectivity index (χ2v) is 9.08. The molecule has 0 aromatic heterocycles. The normalized spacial score (nSPS) is 11.1. The Morgan fingerprint density at radius 3 is 2.07 bits per heavy atom. The third-order valence-electron chi connectivity index (χ3n) is 6.09.